The van der Waals surface area contributed by atoms with Crippen LogP contribution in [0.3, 0.4) is 0 Å². The van der Waals surface area contributed by atoms with Crippen molar-refractivity contribution in [3.63, 3.8) is 0 Å². The van der Waals surface area contributed by atoms with Crippen molar-refractivity contribution in [2.24, 2.45) is 5.73 Å². The second-order valence-electron chi connectivity index (χ2n) is 3.78. The van der Waals surface area contributed by atoms with Gasteiger partial charge in [0.25, 0.3) is 0 Å². The second-order valence-corrected chi connectivity index (χ2v) is 3.78. The van der Waals surface area contributed by atoms with Gasteiger partial charge in [-0.05, 0) is 24.6 Å². The van der Waals surface area contributed by atoms with Gasteiger partial charge in [0.15, 0.2) is 0 Å². The molecule has 2 rings (SSSR count). The van der Waals surface area contributed by atoms with E-state index in [1.165, 1.54) is 5.56 Å². The molecule has 1 heterocycles. The first kappa shape index (κ1) is 9.34. The lowest BCUT2D eigenvalue weighted by molar-refractivity contribution is 0.269. The van der Waals surface area contributed by atoms with Gasteiger partial charge in [0.1, 0.15) is 12.4 Å². The van der Waals surface area contributed by atoms with Crippen molar-refractivity contribution in [3.8, 4) is 5.75 Å². The first-order valence-corrected chi connectivity index (χ1v) is 4.88. The minimum atomic E-state index is 0.296. The van der Waals surface area contributed by atoms with E-state index in [1.807, 2.05) is 6.07 Å². The quantitative estimate of drug-likeness (QED) is 0.725. The van der Waals surface area contributed by atoms with Crippen molar-refractivity contribution in [1.82, 2.24) is 0 Å². The Morgan fingerprint density at radius 3 is 3.07 bits per heavy atom. The van der Waals surface area contributed by atoms with Crippen LogP contribution in [-0.4, -0.2) is 26.2 Å². The number of aryl methyl sites for hydroxylation is 1. The molecule has 1 atom stereocenters. The number of hydrogen-bond donors (Lipinski definition) is 1. The van der Waals surface area contributed by atoms with Gasteiger partial charge in [0, 0.05) is 13.6 Å². The number of likely N-dealkylation sites (N-methyl/N-ethyl adjacent to an activating group) is 1. The molecular formula is C11H16N2O. The highest BCUT2D eigenvalue weighted by Gasteiger charge is 2.23. The molecule has 2 N–H and O–H groups in total. The Balaban J connectivity index is 2.38. The zero-order chi connectivity index (χ0) is 10.1. The summed E-state index contributed by atoms with van der Waals surface area (Å²) in [4.78, 5) is 2.20. The molecule has 0 aliphatic carbocycles. The largest absolute Gasteiger partial charge is 0.489 e. The van der Waals surface area contributed by atoms with Crippen molar-refractivity contribution < 1.29 is 4.74 Å². The number of anilines is 1. The van der Waals surface area contributed by atoms with Gasteiger partial charge < -0.3 is 15.4 Å². The fourth-order valence-electron chi connectivity index (χ4n) is 1.75. The number of ether oxygens (including phenoxy) is 1. The number of benzene rings is 1. The molecule has 3 nitrogen and oxygen atoms in total. The lowest BCUT2D eigenvalue weighted by Crippen LogP contribution is -2.45. The van der Waals surface area contributed by atoms with Crippen molar-refractivity contribution in [1.29, 1.82) is 0 Å². The van der Waals surface area contributed by atoms with Gasteiger partial charge in [-0.25, -0.2) is 0 Å². The van der Waals surface area contributed by atoms with Crippen molar-refractivity contribution in [2.75, 3.05) is 25.1 Å². The van der Waals surface area contributed by atoms with E-state index in [-0.39, 0.29) is 0 Å². The highest BCUT2D eigenvalue weighted by molar-refractivity contribution is 5.61. The molecule has 0 spiro atoms. The van der Waals surface area contributed by atoms with Crippen LogP contribution in [0.5, 0.6) is 5.75 Å². The minimum absolute atomic E-state index is 0.296. The fraction of sp³-hybridized carbons (Fsp3) is 0.455. The van der Waals surface area contributed by atoms with Crippen LogP contribution in [0.25, 0.3) is 0 Å². The highest BCUT2D eigenvalue weighted by Crippen LogP contribution is 2.33. The SMILES string of the molecule is Cc1ccc2c(c1)N(C)C(CN)CO2. The summed E-state index contributed by atoms with van der Waals surface area (Å²) in [5, 5.41) is 0. The Labute approximate surface area is 84.5 Å². The summed E-state index contributed by atoms with van der Waals surface area (Å²) >= 11 is 0. The Hall–Kier alpha value is -1.22. The van der Waals surface area contributed by atoms with Gasteiger partial charge in [-0.1, -0.05) is 6.07 Å². The van der Waals surface area contributed by atoms with Gasteiger partial charge in [-0.3, -0.25) is 0 Å². The number of nitrogens with zero attached hydrogens (tertiary/aromatic N) is 1. The van der Waals surface area contributed by atoms with Gasteiger partial charge in [0.2, 0.25) is 0 Å². The monoisotopic (exact) mass is 192 g/mol. The standard InChI is InChI=1S/C11H16N2O/c1-8-3-4-11-10(5-8)13(2)9(6-12)7-14-11/h3-5,9H,6-7,12H2,1-2H3. The third-order valence-electron chi connectivity index (χ3n) is 2.75. The van der Waals surface area contributed by atoms with Gasteiger partial charge in [-0.15, -0.1) is 0 Å². The van der Waals surface area contributed by atoms with Crippen LogP contribution in [-0.2, 0) is 0 Å². The summed E-state index contributed by atoms with van der Waals surface area (Å²) in [6.45, 7) is 3.40. The predicted octanol–water partition coefficient (Wildman–Crippen LogP) is 1.15. The maximum absolute atomic E-state index is 5.67. The zero-order valence-corrected chi connectivity index (χ0v) is 8.66. The molecule has 14 heavy (non-hydrogen) atoms. The molecular weight excluding hydrogens is 176 g/mol. The number of fused-ring (bicyclic) bond motifs is 1. The van der Waals surface area contributed by atoms with E-state index >= 15 is 0 Å². The van der Waals surface area contributed by atoms with Crippen LogP contribution < -0.4 is 15.4 Å². The second kappa shape index (κ2) is 3.50. The summed E-state index contributed by atoms with van der Waals surface area (Å²) in [5.41, 5.74) is 8.06. The smallest absolute Gasteiger partial charge is 0.142 e. The van der Waals surface area contributed by atoms with Crippen LogP contribution in [0, 0.1) is 6.92 Å². The van der Waals surface area contributed by atoms with E-state index in [2.05, 4.69) is 31.0 Å². The molecule has 0 radical (unpaired) electrons. The molecule has 0 saturated heterocycles. The molecule has 1 aromatic rings. The normalized spacial score (nSPS) is 20.2. The van der Waals surface area contributed by atoms with E-state index in [4.69, 9.17) is 10.5 Å². The van der Waals surface area contributed by atoms with E-state index < -0.39 is 0 Å². The molecule has 0 aromatic heterocycles. The number of hydrogen-bond acceptors (Lipinski definition) is 3. The Bertz CT molecular complexity index is 338. The lowest BCUT2D eigenvalue weighted by Gasteiger charge is -2.35. The van der Waals surface area contributed by atoms with E-state index in [1.54, 1.807) is 0 Å². The zero-order valence-electron chi connectivity index (χ0n) is 8.66. The molecule has 0 saturated carbocycles. The van der Waals surface area contributed by atoms with Crippen LogP contribution in [0.4, 0.5) is 5.69 Å². The molecule has 0 fully saturated rings. The molecule has 76 valence electrons. The van der Waals surface area contributed by atoms with Crippen molar-refractivity contribution in [2.45, 2.75) is 13.0 Å². The van der Waals surface area contributed by atoms with E-state index in [0.717, 1.165) is 11.4 Å². The lowest BCUT2D eigenvalue weighted by atomic mass is 10.1. The Kier molecular flexibility index (Phi) is 2.33. The first-order chi connectivity index (χ1) is 6.72. The maximum atomic E-state index is 5.67. The summed E-state index contributed by atoms with van der Waals surface area (Å²) in [7, 11) is 2.07. The first-order valence-electron chi connectivity index (χ1n) is 4.88. The van der Waals surface area contributed by atoms with E-state index in [0.29, 0.717) is 19.2 Å². The molecule has 0 amide bonds. The van der Waals surface area contributed by atoms with Crippen LogP contribution >= 0.6 is 0 Å². The summed E-state index contributed by atoms with van der Waals surface area (Å²) in [5.74, 6) is 0.961. The van der Waals surface area contributed by atoms with Crippen LogP contribution in [0.15, 0.2) is 18.2 Å². The van der Waals surface area contributed by atoms with Crippen LogP contribution in [0.1, 0.15) is 5.56 Å². The number of nitrogens with two attached hydrogens (primary N) is 1. The van der Waals surface area contributed by atoms with Gasteiger partial charge in [0.05, 0.1) is 11.7 Å². The maximum Gasteiger partial charge on any atom is 0.142 e. The fourth-order valence-corrected chi connectivity index (χ4v) is 1.75. The topological polar surface area (TPSA) is 38.5 Å². The predicted molar refractivity (Wildman–Crippen MR) is 57.9 cm³/mol. The van der Waals surface area contributed by atoms with Gasteiger partial charge in [-0.2, -0.15) is 0 Å². The third-order valence-corrected chi connectivity index (χ3v) is 2.75. The average Bonchev–Trinajstić information content (AvgIpc) is 2.20. The average molecular weight is 192 g/mol. The molecule has 0 bridgehead atoms. The summed E-state index contributed by atoms with van der Waals surface area (Å²) in [6.07, 6.45) is 0. The van der Waals surface area contributed by atoms with Crippen LogP contribution in [0.2, 0.25) is 0 Å². The van der Waals surface area contributed by atoms with Crippen molar-refractivity contribution in [3.05, 3.63) is 23.8 Å². The summed E-state index contributed by atoms with van der Waals surface area (Å²) < 4.78 is 5.63. The minimum Gasteiger partial charge on any atom is -0.489 e. The molecule has 3 heteroatoms. The Morgan fingerprint density at radius 2 is 2.36 bits per heavy atom. The Morgan fingerprint density at radius 1 is 1.57 bits per heavy atom. The molecule has 1 unspecified atom stereocenters. The van der Waals surface area contributed by atoms with Gasteiger partial charge >= 0.3 is 0 Å². The molecule has 1 aromatic carbocycles. The number of rotatable bonds is 1. The summed E-state index contributed by atoms with van der Waals surface area (Å²) in [6, 6.07) is 6.52. The molecule has 1 aliphatic rings. The molecule has 1 aliphatic heterocycles. The van der Waals surface area contributed by atoms with Crippen molar-refractivity contribution >= 4 is 5.69 Å². The van der Waals surface area contributed by atoms with E-state index in [9.17, 15) is 0 Å². The third kappa shape index (κ3) is 1.44. The highest BCUT2D eigenvalue weighted by atomic mass is 16.5.